The quantitative estimate of drug-likeness (QED) is 0.672. The first-order chi connectivity index (χ1) is 9.97. The van der Waals surface area contributed by atoms with Crippen LogP contribution in [-0.2, 0) is 19.1 Å². The van der Waals surface area contributed by atoms with E-state index in [1.165, 1.54) is 9.80 Å². The van der Waals surface area contributed by atoms with Gasteiger partial charge in [-0.15, -0.1) is 0 Å². The Hall–Kier alpha value is -1.18. The molecule has 1 saturated heterocycles. The molecule has 0 spiro atoms. The lowest BCUT2D eigenvalue weighted by atomic mass is 9.91. The molecule has 1 rings (SSSR count). The first-order valence-corrected chi connectivity index (χ1v) is 7.28. The van der Waals surface area contributed by atoms with Crippen molar-refractivity contribution in [2.24, 2.45) is 11.7 Å². The SMILES string of the molecule is COCCN(CC(=O)N(C)C)C(=O)C(N)C1CCOCC1. The second-order valence-electron chi connectivity index (χ2n) is 5.52. The molecule has 1 unspecified atom stereocenters. The van der Waals surface area contributed by atoms with Crippen LogP contribution in [0.15, 0.2) is 0 Å². The number of hydrogen-bond acceptors (Lipinski definition) is 5. The average Bonchev–Trinajstić information content (AvgIpc) is 2.50. The Morgan fingerprint density at radius 3 is 2.48 bits per heavy atom. The third-order valence-electron chi connectivity index (χ3n) is 3.76. The largest absolute Gasteiger partial charge is 0.383 e. The minimum Gasteiger partial charge on any atom is -0.383 e. The lowest BCUT2D eigenvalue weighted by Crippen LogP contribution is -2.52. The molecule has 1 aliphatic heterocycles. The highest BCUT2D eigenvalue weighted by Crippen LogP contribution is 2.19. The van der Waals surface area contributed by atoms with Crippen LogP contribution in [0, 0.1) is 5.92 Å². The van der Waals surface area contributed by atoms with E-state index in [4.69, 9.17) is 15.2 Å². The predicted octanol–water partition coefficient (Wildman–Crippen LogP) is -0.696. The highest BCUT2D eigenvalue weighted by atomic mass is 16.5. The summed E-state index contributed by atoms with van der Waals surface area (Å²) < 4.78 is 10.3. The molecule has 21 heavy (non-hydrogen) atoms. The van der Waals surface area contributed by atoms with E-state index in [-0.39, 0.29) is 24.3 Å². The summed E-state index contributed by atoms with van der Waals surface area (Å²) in [4.78, 5) is 27.3. The monoisotopic (exact) mass is 301 g/mol. The maximum absolute atomic E-state index is 12.5. The molecule has 0 aromatic carbocycles. The van der Waals surface area contributed by atoms with Crippen molar-refractivity contribution in [1.29, 1.82) is 0 Å². The molecule has 2 amide bonds. The third kappa shape index (κ3) is 5.61. The summed E-state index contributed by atoms with van der Waals surface area (Å²) in [5, 5.41) is 0. The molecule has 2 N–H and O–H groups in total. The number of nitrogens with two attached hydrogens (primary N) is 1. The topological polar surface area (TPSA) is 85.1 Å². The van der Waals surface area contributed by atoms with E-state index in [0.29, 0.717) is 26.4 Å². The van der Waals surface area contributed by atoms with Gasteiger partial charge >= 0.3 is 0 Å². The Balaban J connectivity index is 2.66. The molecule has 0 bridgehead atoms. The van der Waals surface area contributed by atoms with Crippen molar-refractivity contribution in [2.45, 2.75) is 18.9 Å². The normalized spacial score (nSPS) is 17.3. The summed E-state index contributed by atoms with van der Waals surface area (Å²) in [7, 11) is 4.90. The van der Waals surface area contributed by atoms with Crippen LogP contribution in [-0.4, -0.2) is 81.8 Å². The standard InChI is InChI=1S/C14H27N3O4/c1-16(2)12(18)10-17(6-9-20-3)14(19)13(15)11-4-7-21-8-5-11/h11,13H,4-10,15H2,1-3H3. The molecule has 1 heterocycles. The van der Waals surface area contributed by atoms with Gasteiger partial charge in [-0.25, -0.2) is 0 Å². The van der Waals surface area contributed by atoms with E-state index in [1.54, 1.807) is 21.2 Å². The number of ether oxygens (including phenoxy) is 2. The fourth-order valence-electron chi connectivity index (χ4n) is 2.26. The van der Waals surface area contributed by atoms with Crippen molar-refractivity contribution < 1.29 is 19.1 Å². The van der Waals surface area contributed by atoms with E-state index < -0.39 is 6.04 Å². The van der Waals surface area contributed by atoms with Crippen molar-refractivity contribution in [3.8, 4) is 0 Å². The molecule has 0 saturated carbocycles. The molecule has 0 radical (unpaired) electrons. The van der Waals surface area contributed by atoms with E-state index >= 15 is 0 Å². The van der Waals surface area contributed by atoms with Crippen LogP contribution in [0.4, 0.5) is 0 Å². The smallest absolute Gasteiger partial charge is 0.241 e. The summed E-state index contributed by atoms with van der Waals surface area (Å²) in [6, 6.07) is -0.583. The van der Waals surface area contributed by atoms with E-state index in [1.807, 2.05) is 0 Å². The van der Waals surface area contributed by atoms with Crippen molar-refractivity contribution in [1.82, 2.24) is 9.80 Å². The molecule has 0 aromatic rings. The number of carbonyl (C=O) groups excluding carboxylic acids is 2. The van der Waals surface area contributed by atoms with Gasteiger partial charge in [-0.3, -0.25) is 9.59 Å². The highest BCUT2D eigenvalue weighted by Gasteiger charge is 2.30. The second-order valence-corrected chi connectivity index (χ2v) is 5.52. The number of rotatable bonds is 7. The van der Waals surface area contributed by atoms with Gasteiger partial charge in [-0.2, -0.15) is 0 Å². The number of hydrogen-bond donors (Lipinski definition) is 1. The van der Waals surface area contributed by atoms with Crippen LogP contribution >= 0.6 is 0 Å². The molecule has 122 valence electrons. The van der Waals surface area contributed by atoms with Crippen LogP contribution in [0.3, 0.4) is 0 Å². The highest BCUT2D eigenvalue weighted by molar-refractivity contribution is 5.87. The van der Waals surface area contributed by atoms with Crippen molar-refractivity contribution in [3.63, 3.8) is 0 Å². The molecular formula is C14H27N3O4. The van der Waals surface area contributed by atoms with E-state index in [2.05, 4.69) is 0 Å². The van der Waals surface area contributed by atoms with Crippen LogP contribution < -0.4 is 5.73 Å². The number of amides is 2. The minimum absolute atomic E-state index is 0.0338. The first kappa shape index (κ1) is 17.9. The first-order valence-electron chi connectivity index (χ1n) is 7.28. The Morgan fingerprint density at radius 1 is 1.33 bits per heavy atom. The number of nitrogens with zero attached hydrogens (tertiary/aromatic N) is 2. The van der Waals surface area contributed by atoms with Gasteiger partial charge in [0.1, 0.15) is 0 Å². The lowest BCUT2D eigenvalue weighted by molar-refractivity contribution is -0.141. The van der Waals surface area contributed by atoms with Gasteiger partial charge in [0, 0.05) is 41.0 Å². The number of likely N-dealkylation sites (N-methyl/N-ethyl adjacent to an activating group) is 1. The maximum atomic E-state index is 12.5. The third-order valence-corrected chi connectivity index (χ3v) is 3.76. The summed E-state index contributed by atoms with van der Waals surface area (Å²) in [5.74, 6) is -0.196. The number of carbonyl (C=O) groups is 2. The maximum Gasteiger partial charge on any atom is 0.241 e. The second kappa shape index (κ2) is 8.96. The van der Waals surface area contributed by atoms with Gasteiger partial charge in [-0.05, 0) is 18.8 Å². The van der Waals surface area contributed by atoms with Crippen molar-refractivity contribution >= 4 is 11.8 Å². The summed E-state index contributed by atoms with van der Waals surface area (Å²) in [6.45, 7) is 2.06. The number of methoxy groups -OCH3 is 1. The van der Waals surface area contributed by atoms with Crippen LogP contribution in [0.5, 0.6) is 0 Å². The average molecular weight is 301 g/mol. The molecule has 1 atom stereocenters. The van der Waals surface area contributed by atoms with Crippen LogP contribution in [0.1, 0.15) is 12.8 Å². The zero-order chi connectivity index (χ0) is 15.8. The van der Waals surface area contributed by atoms with Crippen molar-refractivity contribution in [2.75, 3.05) is 54.1 Å². The van der Waals surface area contributed by atoms with Gasteiger partial charge in [0.2, 0.25) is 11.8 Å². The molecule has 0 aromatic heterocycles. The Labute approximate surface area is 126 Å². The van der Waals surface area contributed by atoms with E-state index in [9.17, 15) is 9.59 Å². The molecule has 7 nitrogen and oxygen atoms in total. The summed E-state index contributed by atoms with van der Waals surface area (Å²) in [6.07, 6.45) is 1.57. The molecule has 7 heteroatoms. The Bertz CT molecular complexity index is 343. The fourth-order valence-corrected chi connectivity index (χ4v) is 2.26. The molecule has 0 aliphatic carbocycles. The van der Waals surface area contributed by atoms with Gasteiger partial charge < -0.3 is 25.0 Å². The molecule has 1 fully saturated rings. The zero-order valence-electron chi connectivity index (χ0n) is 13.2. The Kier molecular flexibility index (Phi) is 7.63. The van der Waals surface area contributed by atoms with Gasteiger partial charge in [-0.1, -0.05) is 0 Å². The van der Waals surface area contributed by atoms with Gasteiger partial charge in [0.25, 0.3) is 0 Å². The van der Waals surface area contributed by atoms with Gasteiger partial charge in [0.05, 0.1) is 19.2 Å². The van der Waals surface area contributed by atoms with Crippen molar-refractivity contribution in [3.05, 3.63) is 0 Å². The van der Waals surface area contributed by atoms with Crippen LogP contribution in [0.25, 0.3) is 0 Å². The fraction of sp³-hybridized carbons (Fsp3) is 0.857. The van der Waals surface area contributed by atoms with Crippen LogP contribution in [0.2, 0.25) is 0 Å². The zero-order valence-corrected chi connectivity index (χ0v) is 13.2. The lowest BCUT2D eigenvalue weighted by Gasteiger charge is -2.31. The van der Waals surface area contributed by atoms with E-state index in [0.717, 1.165) is 12.8 Å². The summed E-state index contributed by atoms with van der Waals surface area (Å²) >= 11 is 0. The van der Waals surface area contributed by atoms with Gasteiger partial charge in [0.15, 0.2) is 0 Å². The summed E-state index contributed by atoms with van der Waals surface area (Å²) in [5.41, 5.74) is 6.10. The minimum atomic E-state index is -0.583. The molecule has 1 aliphatic rings. The molecular weight excluding hydrogens is 274 g/mol. The Morgan fingerprint density at radius 2 is 1.95 bits per heavy atom. The predicted molar refractivity (Wildman–Crippen MR) is 78.7 cm³/mol.